The highest BCUT2D eigenvalue weighted by Crippen LogP contribution is 2.10. The van der Waals surface area contributed by atoms with Crippen molar-refractivity contribution in [2.24, 2.45) is 5.73 Å². The summed E-state index contributed by atoms with van der Waals surface area (Å²) in [5.41, 5.74) is 7.58. The minimum absolute atomic E-state index is 0.150. The van der Waals surface area contributed by atoms with E-state index < -0.39 is 11.9 Å². The van der Waals surface area contributed by atoms with Gasteiger partial charge in [0.05, 0.1) is 11.4 Å². The van der Waals surface area contributed by atoms with E-state index in [1.54, 1.807) is 6.92 Å². The SMILES string of the molecule is Cc1cccc(-n2nc(C)c(C(=O)NC(=N)N)n2)c1. The van der Waals surface area contributed by atoms with Crippen molar-refractivity contribution in [1.82, 2.24) is 20.3 Å². The van der Waals surface area contributed by atoms with Gasteiger partial charge in [-0.2, -0.15) is 9.90 Å². The molecule has 4 N–H and O–H groups in total. The summed E-state index contributed by atoms with van der Waals surface area (Å²) in [6.07, 6.45) is 0. The molecule has 0 aliphatic carbocycles. The minimum atomic E-state index is -0.538. The van der Waals surface area contributed by atoms with Crippen molar-refractivity contribution in [3.63, 3.8) is 0 Å². The third-order valence-electron chi connectivity index (χ3n) is 2.48. The lowest BCUT2D eigenvalue weighted by Gasteiger charge is -2.00. The lowest BCUT2D eigenvalue weighted by Crippen LogP contribution is -2.36. The van der Waals surface area contributed by atoms with Crippen LogP contribution in [-0.2, 0) is 0 Å². The fraction of sp³-hybridized carbons (Fsp3) is 0.167. The molecule has 98 valence electrons. The molecule has 2 aromatic rings. The first-order valence-corrected chi connectivity index (χ1v) is 5.63. The molecule has 7 heteroatoms. The van der Waals surface area contributed by atoms with E-state index in [1.165, 1.54) is 4.80 Å². The van der Waals surface area contributed by atoms with Gasteiger partial charge in [-0.1, -0.05) is 12.1 Å². The number of nitrogens with zero attached hydrogens (tertiary/aromatic N) is 3. The highest BCUT2D eigenvalue weighted by Gasteiger charge is 2.16. The average molecular weight is 258 g/mol. The minimum Gasteiger partial charge on any atom is -0.370 e. The number of amides is 1. The Morgan fingerprint density at radius 1 is 1.37 bits per heavy atom. The van der Waals surface area contributed by atoms with E-state index in [0.29, 0.717) is 5.69 Å². The zero-order chi connectivity index (χ0) is 14.0. The molecular weight excluding hydrogens is 244 g/mol. The Bertz CT molecular complexity index is 645. The first kappa shape index (κ1) is 12.7. The van der Waals surface area contributed by atoms with E-state index >= 15 is 0 Å². The molecule has 0 fully saturated rings. The molecule has 0 atom stereocenters. The number of carbonyl (C=O) groups excluding carboxylic acids is 1. The molecule has 0 bridgehead atoms. The Labute approximate surface area is 109 Å². The third kappa shape index (κ3) is 2.76. The Hall–Kier alpha value is -2.70. The molecule has 19 heavy (non-hydrogen) atoms. The highest BCUT2D eigenvalue weighted by molar-refractivity contribution is 6.03. The van der Waals surface area contributed by atoms with E-state index in [4.69, 9.17) is 11.1 Å². The average Bonchev–Trinajstić information content (AvgIpc) is 2.70. The van der Waals surface area contributed by atoms with E-state index in [-0.39, 0.29) is 5.69 Å². The molecular formula is C12H14N6O. The number of aromatic nitrogens is 3. The molecule has 7 nitrogen and oxygen atoms in total. The van der Waals surface area contributed by atoms with Gasteiger partial charge in [0.2, 0.25) is 0 Å². The summed E-state index contributed by atoms with van der Waals surface area (Å²) >= 11 is 0. The molecule has 1 aromatic carbocycles. The van der Waals surface area contributed by atoms with Crippen molar-refractivity contribution < 1.29 is 4.79 Å². The van der Waals surface area contributed by atoms with Gasteiger partial charge in [0.25, 0.3) is 5.91 Å². The quantitative estimate of drug-likeness (QED) is 0.538. The summed E-state index contributed by atoms with van der Waals surface area (Å²) in [5, 5.41) is 17.5. The van der Waals surface area contributed by atoms with Crippen LogP contribution in [-0.4, -0.2) is 26.9 Å². The van der Waals surface area contributed by atoms with E-state index in [9.17, 15) is 4.79 Å². The van der Waals surface area contributed by atoms with Crippen LogP contribution in [0.4, 0.5) is 0 Å². The second kappa shape index (κ2) is 4.89. The predicted octanol–water partition coefficient (Wildman–Crippen LogP) is 0.507. The number of rotatable bonds is 2. The number of hydrogen-bond donors (Lipinski definition) is 3. The Morgan fingerprint density at radius 2 is 2.11 bits per heavy atom. The van der Waals surface area contributed by atoms with Crippen molar-refractivity contribution in [1.29, 1.82) is 5.41 Å². The molecule has 1 aromatic heterocycles. The van der Waals surface area contributed by atoms with Crippen molar-refractivity contribution in [2.45, 2.75) is 13.8 Å². The van der Waals surface area contributed by atoms with Gasteiger partial charge in [-0.25, -0.2) is 0 Å². The largest absolute Gasteiger partial charge is 0.370 e. The van der Waals surface area contributed by atoms with Crippen LogP contribution in [0, 0.1) is 19.3 Å². The van der Waals surface area contributed by atoms with Gasteiger partial charge >= 0.3 is 0 Å². The number of nitrogens with two attached hydrogens (primary N) is 1. The van der Waals surface area contributed by atoms with Crippen molar-refractivity contribution >= 4 is 11.9 Å². The fourth-order valence-corrected chi connectivity index (χ4v) is 1.64. The van der Waals surface area contributed by atoms with Gasteiger partial charge in [-0.05, 0) is 31.5 Å². The van der Waals surface area contributed by atoms with Crippen molar-refractivity contribution in [2.75, 3.05) is 0 Å². The maximum Gasteiger partial charge on any atom is 0.280 e. The smallest absolute Gasteiger partial charge is 0.280 e. The van der Waals surface area contributed by atoms with Crippen LogP contribution < -0.4 is 11.1 Å². The van der Waals surface area contributed by atoms with Crippen LogP contribution in [0.3, 0.4) is 0 Å². The Kier molecular flexibility index (Phi) is 3.28. The second-order valence-electron chi connectivity index (χ2n) is 4.13. The van der Waals surface area contributed by atoms with E-state index in [0.717, 1.165) is 11.3 Å². The standard InChI is InChI=1S/C12H14N6O/c1-7-4-3-5-9(6-7)18-16-8(2)10(17-18)11(19)15-12(13)14/h3-6H,1-2H3,(H4,13,14,15,19). The molecule has 1 amide bonds. The van der Waals surface area contributed by atoms with Crippen LogP contribution in [0.2, 0.25) is 0 Å². The molecule has 2 rings (SSSR count). The molecule has 0 unspecified atom stereocenters. The third-order valence-corrected chi connectivity index (χ3v) is 2.48. The van der Waals surface area contributed by atoms with Crippen LogP contribution in [0.1, 0.15) is 21.7 Å². The summed E-state index contributed by atoms with van der Waals surface area (Å²) < 4.78 is 0. The first-order valence-electron chi connectivity index (χ1n) is 5.63. The van der Waals surface area contributed by atoms with Crippen LogP contribution in [0.15, 0.2) is 24.3 Å². The van der Waals surface area contributed by atoms with Crippen LogP contribution in [0.25, 0.3) is 5.69 Å². The second-order valence-corrected chi connectivity index (χ2v) is 4.13. The molecule has 0 aliphatic heterocycles. The molecule has 0 saturated carbocycles. The highest BCUT2D eigenvalue weighted by atomic mass is 16.2. The van der Waals surface area contributed by atoms with Gasteiger partial charge < -0.3 is 5.73 Å². The molecule has 0 aliphatic rings. The molecule has 1 heterocycles. The topological polar surface area (TPSA) is 110 Å². The normalized spacial score (nSPS) is 10.2. The number of nitrogens with one attached hydrogen (secondary N) is 2. The van der Waals surface area contributed by atoms with Gasteiger partial charge in [0, 0.05) is 0 Å². The van der Waals surface area contributed by atoms with E-state index in [2.05, 4.69) is 15.5 Å². The molecule has 0 radical (unpaired) electrons. The Morgan fingerprint density at radius 3 is 2.74 bits per heavy atom. The van der Waals surface area contributed by atoms with Gasteiger partial charge in [0.1, 0.15) is 0 Å². The number of carbonyl (C=O) groups is 1. The lowest BCUT2D eigenvalue weighted by molar-refractivity contribution is 0.0970. The summed E-state index contributed by atoms with van der Waals surface area (Å²) in [5.74, 6) is -0.960. The summed E-state index contributed by atoms with van der Waals surface area (Å²) in [4.78, 5) is 13.1. The maximum absolute atomic E-state index is 11.7. The fourth-order valence-electron chi connectivity index (χ4n) is 1.64. The van der Waals surface area contributed by atoms with Crippen molar-refractivity contribution in [3.05, 3.63) is 41.2 Å². The van der Waals surface area contributed by atoms with Crippen molar-refractivity contribution in [3.8, 4) is 5.69 Å². The summed E-state index contributed by atoms with van der Waals surface area (Å²) in [6.45, 7) is 3.64. The zero-order valence-electron chi connectivity index (χ0n) is 10.6. The Balaban J connectivity index is 2.36. The number of guanidine groups is 1. The predicted molar refractivity (Wildman–Crippen MR) is 70.2 cm³/mol. The first-order chi connectivity index (χ1) is 8.97. The number of benzene rings is 1. The molecule has 0 saturated heterocycles. The zero-order valence-corrected chi connectivity index (χ0v) is 10.6. The van der Waals surface area contributed by atoms with Gasteiger partial charge in [-0.15, -0.1) is 5.10 Å². The number of aryl methyl sites for hydroxylation is 2. The van der Waals surface area contributed by atoms with Gasteiger partial charge in [-0.3, -0.25) is 15.5 Å². The van der Waals surface area contributed by atoms with Crippen LogP contribution in [0.5, 0.6) is 0 Å². The summed E-state index contributed by atoms with van der Waals surface area (Å²) in [7, 11) is 0. The maximum atomic E-state index is 11.7. The monoisotopic (exact) mass is 258 g/mol. The lowest BCUT2D eigenvalue weighted by atomic mass is 10.2. The summed E-state index contributed by atoms with van der Waals surface area (Å²) in [6, 6.07) is 7.60. The van der Waals surface area contributed by atoms with Crippen LogP contribution >= 0.6 is 0 Å². The number of hydrogen-bond acceptors (Lipinski definition) is 4. The molecule has 0 spiro atoms. The van der Waals surface area contributed by atoms with Gasteiger partial charge in [0.15, 0.2) is 11.7 Å². The van der Waals surface area contributed by atoms with E-state index in [1.807, 2.05) is 31.2 Å².